The highest BCUT2D eigenvalue weighted by Gasteiger charge is 2.18. The van der Waals surface area contributed by atoms with Crippen LogP contribution in [-0.2, 0) is 4.74 Å². The van der Waals surface area contributed by atoms with Gasteiger partial charge in [0.15, 0.2) is 5.84 Å². The van der Waals surface area contributed by atoms with E-state index in [1.165, 1.54) is 11.8 Å². The van der Waals surface area contributed by atoms with E-state index in [4.69, 9.17) is 20.4 Å². The van der Waals surface area contributed by atoms with Crippen molar-refractivity contribution in [1.82, 2.24) is 0 Å². The molecule has 19 heavy (non-hydrogen) atoms. The molecule has 1 aliphatic rings. The molecular formula is C13H18N2O3S. The highest BCUT2D eigenvalue weighted by atomic mass is 32.2. The van der Waals surface area contributed by atoms with Crippen LogP contribution in [0.1, 0.15) is 18.4 Å². The molecule has 0 aromatic heterocycles. The largest absolute Gasteiger partial charge is 0.490 e. The molecule has 1 aliphatic heterocycles. The standard InChI is InChI=1S/C13H18N2O3S/c1-19-11-6-2-5-10(12(11)13(14)15-16)18-8-9-4-3-7-17-9/h2,5-6,9,16H,3-4,7-8H2,1H3,(H2,14,15). The molecule has 1 saturated heterocycles. The molecule has 0 aliphatic carbocycles. The second-order valence-corrected chi connectivity index (χ2v) is 5.11. The molecule has 1 heterocycles. The number of amidine groups is 1. The summed E-state index contributed by atoms with van der Waals surface area (Å²) in [6.45, 7) is 1.29. The van der Waals surface area contributed by atoms with E-state index in [1.807, 2.05) is 24.5 Å². The first kappa shape index (κ1) is 14.0. The highest BCUT2D eigenvalue weighted by molar-refractivity contribution is 7.98. The van der Waals surface area contributed by atoms with Crippen LogP contribution in [0, 0.1) is 0 Å². The number of benzene rings is 1. The van der Waals surface area contributed by atoms with Crippen molar-refractivity contribution < 1.29 is 14.7 Å². The summed E-state index contributed by atoms with van der Waals surface area (Å²) >= 11 is 1.53. The monoisotopic (exact) mass is 282 g/mol. The van der Waals surface area contributed by atoms with Gasteiger partial charge < -0.3 is 20.4 Å². The Morgan fingerprint density at radius 2 is 2.47 bits per heavy atom. The van der Waals surface area contributed by atoms with Crippen molar-refractivity contribution >= 4 is 17.6 Å². The van der Waals surface area contributed by atoms with Crippen molar-refractivity contribution in [1.29, 1.82) is 0 Å². The van der Waals surface area contributed by atoms with E-state index in [0.29, 0.717) is 17.9 Å². The predicted molar refractivity (Wildman–Crippen MR) is 75.2 cm³/mol. The van der Waals surface area contributed by atoms with E-state index in [0.717, 1.165) is 24.3 Å². The van der Waals surface area contributed by atoms with E-state index in [2.05, 4.69) is 5.16 Å². The number of hydrogen-bond donors (Lipinski definition) is 2. The van der Waals surface area contributed by atoms with Crippen LogP contribution in [0.2, 0.25) is 0 Å². The minimum atomic E-state index is 0.0623. The van der Waals surface area contributed by atoms with Gasteiger partial charge in [-0.3, -0.25) is 0 Å². The molecule has 1 unspecified atom stereocenters. The molecule has 0 amide bonds. The molecule has 3 N–H and O–H groups in total. The average molecular weight is 282 g/mol. The maximum Gasteiger partial charge on any atom is 0.174 e. The summed E-state index contributed by atoms with van der Waals surface area (Å²) in [6.07, 6.45) is 4.17. The van der Waals surface area contributed by atoms with E-state index in [1.54, 1.807) is 0 Å². The van der Waals surface area contributed by atoms with Gasteiger partial charge in [0.05, 0.1) is 11.7 Å². The third kappa shape index (κ3) is 3.33. The van der Waals surface area contributed by atoms with Gasteiger partial charge in [-0.1, -0.05) is 11.2 Å². The molecule has 104 valence electrons. The first-order valence-electron chi connectivity index (χ1n) is 6.15. The predicted octanol–water partition coefficient (Wildman–Crippen LogP) is 2.06. The van der Waals surface area contributed by atoms with Gasteiger partial charge in [-0.25, -0.2) is 0 Å². The zero-order valence-electron chi connectivity index (χ0n) is 10.8. The first-order chi connectivity index (χ1) is 9.26. The van der Waals surface area contributed by atoms with E-state index >= 15 is 0 Å². The van der Waals surface area contributed by atoms with E-state index in [9.17, 15) is 0 Å². The SMILES string of the molecule is CSc1cccc(OCC2CCCO2)c1/C(N)=N/O. The Balaban J connectivity index is 2.18. The molecule has 5 nitrogen and oxygen atoms in total. The molecule has 1 aromatic carbocycles. The first-order valence-corrected chi connectivity index (χ1v) is 7.38. The molecule has 0 spiro atoms. The van der Waals surface area contributed by atoms with Gasteiger partial charge in [-0.05, 0) is 31.2 Å². The van der Waals surface area contributed by atoms with Crippen LogP contribution in [0.5, 0.6) is 5.75 Å². The fraction of sp³-hybridized carbons (Fsp3) is 0.462. The van der Waals surface area contributed by atoms with Crippen LogP contribution < -0.4 is 10.5 Å². The average Bonchev–Trinajstić information content (AvgIpc) is 2.97. The summed E-state index contributed by atoms with van der Waals surface area (Å²) in [7, 11) is 0. The van der Waals surface area contributed by atoms with Crippen LogP contribution in [0.4, 0.5) is 0 Å². The third-order valence-corrected chi connectivity index (χ3v) is 3.80. The van der Waals surface area contributed by atoms with Crippen molar-refractivity contribution in [3.05, 3.63) is 23.8 Å². The zero-order valence-corrected chi connectivity index (χ0v) is 11.7. The summed E-state index contributed by atoms with van der Waals surface area (Å²) in [6, 6.07) is 5.63. The lowest BCUT2D eigenvalue weighted by molar-refractivity contribution is 0.0678. The molecule has 0 saturated carbocycles. The zero-order chi connectivity index (χ0) is 13.7. The number of thioether (sulfide) groups is 1. The number of rotatable bonds is 5. The van der Waals surface area contributed by atoms with E-state index in [-0.39, 0.29) is 11.9 Å². The smallest absolute Gasteiger partial charge is 0.174 e. The molecule has 0 radical (unpaired) electrons. The molecule has 1 atom stereocenters. The quantitative estimate of drug-likeness (QED) is 0.284. The Hall–Kier alpha value is -1.40. The lowest BCUT2D eigenvalue weighted by atomic mass is 10.2. The van der Waals surface area contributed by atoms with Crippen molar-refractivity contribution in [3.8, 4) is 5.75 Å². The topological polar surface area (TPSA) is 77.1 Å². The summed E-state index contributed by atoms with van der Waals surface area (Å²) in [5.74, 6) is 0.685. The van der Waals surface area contributed by atoms with Crippen molar-refractivity contribution in [2.75, 3.05) is 19.5 Å². The molecule has 1 aromatic rings. The van der Waals surface area contributed by atoms with Crippen LogP contribution in [0.25, 0.3) is 0 Å². The molecule has 2 rings (SSSR count). The van der Waals surface area contributed by atoms with Gasteiger partial charge >= 0.3 is 0 Å². The molecule has 0 bridgehead atoms. The van der Waals surface area contributed by atoms with E-state index < -0.39 is 0 Å². The Morgan fingerprint density at radius 1 is 1.63 bits per heavy atom. The number of nitrogens with two attached hydrogens (primary N) is 1. The van der Waals surface area contributed by atoms with Crippen LogP contribution >= 0.6 is 11.8 Å². The van der Waals surface area contributed by atoms with Crippen molar-refractivity contribution in [2.45, 2.75) is 23.8 Å². The van der Waals surface area contributed by atoms with Crippen molar-refractivity contribution in [3.63, 3.8) is 0 Å². The van der Waals surface area contributed by atoms with Gasteiger partial charge in [-0.15, -0.1) is 11.8 Å². The van der Waals surface area contributed by atoms with Gasteiger partial charge in [0, 0.05) is 11.5 Å². The number of ether oxygens (including phenoxy) is 2. The van der Waals surface area contributed by atoms with Crippen LogP contribution in [0.3, 0.4) is 0 Å². The van der Waals surface area contributed by atoms with Crippen LogP contribution in [0.15, 0.2) is 28.3 Å². The highest BCUT2D eigenvalue weighted by Crippen LogP contribution is 2.29. The fourth-order valence-corrected chi connectivity index (χ4v) is 2.69. The summed E-state index contributed by atoms with van der Waals surface area (Å²) in [5.41, 5.74) is 6.37. The molecular weight excluding hydrogens is 264 g/mol. The molecule has 6 heteroatoms. The Bertz CT molecular complexity index is 459. The number of nitrogens with zero attached hydrogens (tertiary/aromatic N) is 1. The van der Waals surface area contributed by atoms with Gasteiger partial charge in [0.2, 0.25) is 0 Å². The summed E-state index contributed by atoms with van der Waals surface area (Å²) in [5, 5.41) is 12.0. The summed E-state index contributed by atoms with van der Waals surface area (Å²) < 4.78 is 11.3. The second kappa shape index (κ2) is 6.68. The van der Waals surface area contributed by atoms with Gasteiger partial charge in [0.25, 0.3) is 0 Å². The number of hydrogen-bond acceptors (Lipinski definition) is 5. The lowest BCUT2D eigenvalue weighted by Crippen LogP contribution is -2.20. The van der Waals surface area contributed by atoms with Crippen LogP contribution in [-0.4, -0.2) is 36.6 Å². The van der Waals surface area contributed by atoms with Gasteiger partial charge in [0.1, 0.15) is 12.4 Å². The third-order valence-electron chi connectivity index (χ3n) is 3.02. The Morgan fingerprint density at radius 3 is 3.11 bits per heavy atom. The molecule has 1 fully saturated rings. The summed E-state index contributed by atoms with van der Waals surface area (Å²) in [4.78, 5) is 0.917. The fourth-order valence-electron chi connectivity index (χ4n) is 2.06. The minimum absolute atomic E-state index is 0.0623. The lowest BCUT2D eigenvalue weighted by Gasteiger charge is -2.16. The Kier molecular flexibility index (Phi) is 4.93. The van der Waals surface area contributed by atoms with Crippen molar-refractivity contribution in [2.24, 2.45) is 10.9 Å². The Labute approximate surface area is 116 Å². The second-order valence-electron chi connectivity index (χ2n) is 4.26. The maximum atomic E-state index is 8.89. The maximum absolute atomic E-state index is 8.89. The number of oxime groups is 1. The normalized spacial score (nSPS) is 19.6. The van der Waals surface area contributed by atoms with Gasteiger partial charge in [-0.2, -0.15) is 0 Å². The minimum Gasteiger partial charge on any atom is -0.490 e.